The first-order valence-electron chi connectivity index (χ1n) is 3.59. The summed E-state index contributed by atoms with van der Waals surface area (Å²) in [5.74, 6) is 0. The minimum atomic E-state index is 0.393. The number of nitrogen functional groups attached to an aromatic ring is 1. The van der Waals surface area contributed by atoms with E-state index < -0.39 is 0 Å². The monoisotopic (exact) mass is 176 g/mol. The van der Waals surface area contributed by atoms with E-state index in [2.05, 4.69) is 10.0 Å². The normalized spacial score (nSPS) is 9.00. The van der Waals surface area contributed by atoms with Gasteiger partial charge in [0.05, 0.1) is 0 Å². The molecule has 66 valence electrons. The van der Waals surface area contributed by atoms with E-state index in [-0.39, 0.29) is 0 Å². The molecule has 0 aliphatic rings. The Morgan fingerprint density at radius 1 is 1.62 bits per heavy atom. The topological polar surface area (TPSA) is 91.9 Å². The fourth-order valence-corrected chi connectivity index (χ4v) is 0.964. The van der Waals surface area contributed by atoms with Gasteiger partial charge in [0.15, 0.2) is 0 Å². The van der Waals surface area contributed by atoms with E-state index in [0.29, 0.717) is 28.8 Å². The highest BCUT2D eigenvalue weighted by atomic mass is 16.1. The summed E-state index contributed by atoms with van der Waals surface area (Å²) in [6.45, 7) is 1.73. The zero-order chi connectivity index (χ0) is 9.84. The molecular weight excluding hydrogens is 168 g/mol. The van der Waals surface area contributed by atoms with Crippen LogP contribution in [0.25, 0.3) is 10.4 Å². The number of aldehydes is 1. The summed E-state index contributed by atoms with van der Waals surface area (Å²) < 4.78 is 0. The number of anilines is 1. The molecule has 0 saturated heterocycles. The molecule has 1 aromatic rings. The van der Waals surface area contributed by atoms with Crippen molar-refractivity contribution in [3.8, 4) is 0 Å². The molecule has 13 heavy (non-hydrogen) atoms. The predicted molar refractivity (Wildman–Crippen MR) is 49.8 cm³/mol. The van der Waals surface area contributed by atoms with Crippen molar-refractivity contribution in [1.82, 2.24) is 0 Å². The maximum absolute atomic E-state index is 10.4. The average molecular weight is 176 g/mol. The number of carbonyl (C=O) groups excluding carboxylic acids is 1. The number of hydrogen-bond donors (Lipinski definition) is 1. The molecule has 0 unspecified atom stereocenters. The number of nitrogens with two attached hydrogens (primary N) is 1. The van der Waals surface area contributed by atoms with Crippen LogP contribution < -0.4 is 5.73 Å². The molecule has 0 spiro atoms. The Bertz CT molecular complexity index is 393. The first kappa shape index (κ1) is 9.09. The Morgan fingerprint density at radius 2 is 2.31 bits per heavy atom. The molecule has 5 nitrogen and oxygen atoms in total. The molecule has 5 heteroatoms. The van der Waals surface area contributed by atoms with Gasteiger partial charge in [-0.1, -0.05) is 5.11 Å². The zero-order valence-electron chi connectivity index (χ0n) is 7.06. The summed E-state index contributed by atoms with van der Waals surface area (Å²) in [5, 5.41) is 3.42. The summed E-state index contributed by atoms with van der Waals surface area (Å²) in [6.07, 6.45) is 0.659. The van der Waals surface area contributed by atoms with E-state index in [1.165, 1.54) is 6.07 Å². The van der Waals surface area contributed by atoms with E-state index in [1.54, 1.807) is 13.0 Å². The van der Waals surface area contributed by atoms with Crippen LogP contribution in [0.2, 0.25) is 0 Å². The Balaban J connectivity index is 3.40. The Kier molecular flexibility index (Phi) is 2.52. The van der Waals surface area contributed by atoms with Crippen LogP contribution in [-0.2, 0) is 0 Å². The van der Waals surface area contributed by atoms with Crippen molar-refractivity contribution in [2.24, 2.45) is 5.11 Å². The second kappa shape index (κ2) is 3.60. The third-order valence-electron chi connectivity index (χ3n) is 1.73. The highest BCUT2D eigenvalue weighted by molar-refractivity contribution is 5.80. The average Bonchev–Trinajstić information content (AvgIpc) is 2.13. The van der Waals surface area contributed by atoms with Crippen molar-refractivity contribution in [1.29, 1.82) is 0 Å². The van der Waals surface area contributed by atoms with Crippen LogP contribution >= 0.6 is 0 Å². The van der Waals surface area contributed by atoms with E-state index >= 15 is 0 Å². The molecule has 1 aromatic carbocycles. The lowest BCUT2D eigenvalue weighted by atomic mass is 10.1. The highest BCUT2D eigenvalue weighted by Crippen LogP contribution is 2.25. The fraction of sp³-hybridized carbons (Fsp3) is 0.125. The van der Waals surface area contributed by atoms with Crippen molar-refractivity contribution in [2.75, 3.05) is 5.73 Å². The van der Waals surface area contributed by atoms with Crippen molar-refractivity contribution in [3.63, 3.8) is 0 Å². The highest BCUT2D eigenvalue weighted by Gasteiger charge is 2.02. The van der Waals surface area contributed by atoms with E-state index in [9.17, 15) is 4.79 Å². The van der Waals surface area contributed by atoms with Gasteiger partial charge in [-0.25, -0.2) is 0 Å². The van der Waals surface area contributed by atoms with Crippen molar-refractivity contribution in [2.45, 2.75) is 6.92 Å². The van der Waals surface area contributed by atoms with E-state index in [4.69, 9.17) is 11.3 Å². The molecule has 0 aliphatic heterocycles. The van der Waals surface area contributed by atoms with Crippen molar-refractivity contribution in [3.05, 3.63) is 33.7 Å². The Labute approximate surface area is 74.8 Å². The second-order valence-electron chi connectivity index (χ2n) is 2.56. The van der Waals surface area contributed by atoms with Crippen LogP contribution in [-0.4, -0.2) is 6.29 Å². The molecule has 0 radical (unpaired) electrons. The molecule has 0 aromatic heterocycles. The van der Waals surface area contributed by atoms with E-state index in [0.717, 1.165) is 0 Å². The number of azide groups is 1. The van der Waals surface area contributed by atoms with Crippen LogP contribution in [0.15, 0.2) is 17.2 Å². The fourth-order valence-electron chi connectivity index (χ4n) is 0.964. The first-order valence-corrected chi connectivity index (χ1v) is 3.59. The van der Waals surface area contributed by atoms with Gasteiger partial charge in [-0.05, 0) is 30.2 Å². The largest absolute Gasteiger partial charge is 0.398 e. The molecule has 0 bridgehead atoms. The lowest BCUT2D eigenvalue weighted by Gasteiger charge is -2.03. The van der Waals surface area contributed by atoms with Crippen LogP contribution in [0.3, 0.4) is 0 Å². The molecule has 1 rings (SSSR count). The third kappa shape index (κ3) is 1.77. The minimum absolute atomic E-state index is 0.393. The summed E-state index contributed by atoms with van der Waals surface area (Å²) in [6, 6.07) is 3.04. The second-order valence-corrected chi connectivity index (χ2v) is 2.56. The number of benzene rings is 1. The van der Waals surface area contributed by atoms with Gasteiger partial charge in [-0.3, -0.25) is 4.79 Å². The summed E-state index contributed by atoms with van der Waals surface area (Å²) in [4.78, 5) is 13.1. The van der Waals surface area contributed by atoms with Crippen molar-refractivity contribution >= 4 is 17.7 Å². The summed E-state index contributed by atoms with van der Waals surface area (Å²) >= 11 is 0. The van der Waals surface area contributed by atoms with Gasteiger partial charge in [0.1, 0.15) is 6.29 Å². The number of rotatable bonds is 2. The molecule has 0 fully saturated rings. The number of nitrogens with zero attached hydrogens (tertiary/aromatic N) is 3. The van der Waals surface area contributed by atoms with Gasteiger partial charge >= 0.3 is 0 Å². The van der Waals surface area contributed by atoms with Gasteiger partial charge in [0.2, 0.25) is 0 Å². The molecule has 0 amide bonds. The molecule has 0 saturated carbocycles. The zero-order valence-corrected chi connectivity index (χ0v) is 7.06. The Morgan fingerprint density at radius 3 is 2.85 bits per heavy atom. The Hall–Kier alpha value is -2.00. The first-order chi connectivity index (χ1) is 6.19. The predicted octanol–water partition coefficient (Wildman–Crippen LogP) is 2.33. The van der Waals surface area contributed by atoms with Crippen LogP contribution in [0, 0.1) is 6.92 Å². The van der Waals surface area contributed by atoms with Gasteiger partial charge in [0.25, 0.3) is 0 Å². The van der Waals surface area contributed by atoms with E-state index in [1.807, 2.05) is 0 Å². The molecular formula is C8H8N4O. The number of carbonyl (C=O) groups is 1. The maximum Gasteiger partial charge on any atom is 0.150 e. The van der Waals surface area contributed by atoms with Crippen LogP contribution in [0.5, 0.6) is 0 Å². The van der Waals surface area contributed by atoms with Crippen LogP contribution in [0.1, 0.15) is 15.9 Å². The SMILES string of the molecule is Cc1c(N)cc(C=O)cc1N=[N+]=[N-]. The third-order valence-corrected chi connectivity index (χ3v) is 1.73. The number of hydrogen-bond acceptors (Lipinski definition) is 3. The lowest BCUT2D eigenvalue weighted by Crippen LogP contribution is -1.92. The molecule has 0 aliphatic carbocycles. The minimum Gasteiger partial charge on any atom is -0.398 e. The smallest absolute Gasteiger partial charge is 0.150 e. The summed E-state index contributed by atoms with van der Waals surface area (Å²) in [7, 11) is 0. The maximum atomic E-state index is 10.4. The molecule has 0 heterocycles. The van der Waals surface area contributed by atoms with Crippen molar-refractivity contribution < 1.29 is 4.79 Å². The van der Waals surface area contributed by atoms with Gasteiger partial charge in [0, 0.05) is 21.8 Å². The van der Waals surface area contributed by atoms with Gasteiger partial charge in [-0.15, -0.1) is 0 Å². The van der Waals surface area contributed by atoms with Crippen LogP contribution in [0.4, 0.5) is 11.4 Å². The van der Waals surface area contributed by atoms with Gasteiger partial charge < -0.3 is 5.73 Å². The van der Waals surface area contributed by atoms with Gasteiger partial charge in [-0.2, -0.15) is 0 Å². The summed E-state index contributed by atoms with van der Waals surface area (Å²) in [5.41, 5.74) is 15.7. The standard InChI is InChI=1S/C8H8N4O/c1-5-7(9)2-6(4-13)3-8(5)11-12-10/h2-4H,9H2,1H3. The molecule has 0 atom stereocenters. The molecule has 2 N–H and O–H groups in total. The lowest BCUT2D eigenvalue weighted by molar-refractivity contribution is 0.112. The quantitative estimate of drug-likeness (QED) is 0.246.